The maximum absolute atomic E-state index is 10.1. The standard InChI is InChI=1S/C10H11NO2/c1-9(6-12)7-13-8-10-4-2-3-5-11-10/h1-6,9H,7-8H2/t9-/m1/s1. The lowest BCUT2D eigenvalue weighted by atomic mass is 10.2. The summed E-state index contributed by atoms with van der Waals surface area (Å²) in [6, 6.07) is 5.57. The van der Waals surface area contributed by atoms with Crippen molar-refractivity contribution in [3.8, 4) is 0 Å². The molecule has 0 unspecified atom stereocenters. The van der Waals surface area contributed by atoms with E-state index in [-0.39, 0.29) is 6.61 Å². The summed E-state index contributed by atoms with van der Waals surface area (Å²) in [5.74, 6) is -0.538. The van der Waals surface area contributed by atoms with Gasteiger partial charge in [-0.3, -0.25) is 4.98 Å². The summed E-state index contributed by atoms with van der Waals surface area (Å²) in [5.41, 5.74) is 0.834. The third kappa shape index (κ3) is 3.80. The monoisotopic (exact) mass is 177 g/mol. The third-order valence-electron chi connectivity index (χ3n) is 1.46. The van der Waals surface area contributed by atoms with Gasteiger partial charge in [0.15, 0.2) is 0 Å². The van der Waals surface area contributed by atoms with Gasteiger partial charge in [-0.25, -0.2) is 0 Å². The summed E-state index contributed by atoms with van der Waals surface area (Å²) in [6.07, 6.45) is 2.36. The van der Waals surface area contributed by atoms with Crippen LogP contribution in [0.1, 0.15) is 5.69 Å². The molecule has 0 N–H and O–H groups in total. The Kier molecular flexibility index (Phi) is 4.12. The Hall–Kier alpha value is -1.22. The van der Waals surface area contributed by atoms with E-state index in [4.69, 9.17) is 11.7 Å². The molecule has 0 fully saturated rings. The number of nitrogens with zero attached hydrogens (tertiary/aromatic N) is 1. The predicted octanol–water partition coefficient (Wildman–Crippen LogP) is 1.12. The summed E-state index contributed by atoms with van der Waals surface area (Å²) in [7, 11) is 0. The number of rotatable bonds is 5. The van der Waals surface area contributed by atoms with Gasteiger partial charge in [0.05, 0.1) is 18.9 Å². The Balaban J connectivity index is 2.24. The summed E-state index contributed by atoms with van der Waals surface area (Å²) < 4.78 is 5.15. The first-order valence-electron chi connectivity index (χ1n) is 4.01. The molecule has 1 rings (SSSR count). The molecule has 3 heteroatoms. The van der Waals surface area contributed by atoms with Crippen molar-refractivity contribution in [2.45, 2.75) is 6.61 Å². The molecule has 1 atom stereocenters. The Morgan fingerprint density at radius 3 is 3.08 bits per heavy atom. The fourth-order valence-corrected chi connectivity index (χ4v) is 0.822. The van der Waals surface area contributed by atoms with E-state index in [0.717, 1.165) is 5.69 Å². The molecule has 0 saturated heterocycles. The summed E-state index contributed by atoms with van der Waals surface area (Å²) in [6.45, 7) is 5.95. The number of aldehydes is 1. The fraction of sp³-hybridized carbons (Fsp3) is 0.300. The first kappa shape index (κ1) is 9.86. The van der Waals surface area contributed by atoms with Crippen LogP contribution in [0.25, 0.3) is 0 Å². The molecule has 3 nitrogen and oxygen atoms in total. The molecule has 0 aromatic carbocycles. The van der Waals surface area contributed by atoms with Crippen LogP contribution in [0, 0.1) is 12.8 Å². The minimum absolute atomic E-state index is 0.236. The van der Waals surface area contributed by atoms with Gasteiger partial charge >= 0.3 is 0 Å². The van der Waals surface area contributed by atoms with Crippen molar-refractivity contribution in [2.24, 2.45) is 5.92 Å². The van der Waals surface area contributed by atoms with Crippen LogP contribution in [0.4, 0.5) is 0 Å². The molecule has 0 aliphatic rings. The zero-order valence-corrected chi connectivity index (χ0v) is 7.22. The molecule has 13 heavy (non-hydrogen) atoms. The number of hydrogen-bond donors (Lipinski definition) is 0. The first-order chi connectivity index (χ1) is 6.33. The van der Waals surface area contributed by atoms with Crippen molar-refractivity contribution in [3.05, 3.63) is 37.0 Å². The van der Waals surface area contributed by atoms with Crippen LogP contribution >= 0.6 is 0 Å². The SMILES string of the molecule is [CH][C@H](C=O)COCc1ccccn1. The van der Waals surface area contributed by atoms with Gasteiger partial charge in [-0.15, -0.1) is 0 Å². The van der Waals surface area contributed by atoms with E-state index in [1.54, 1.807) is 6.20 Å². The molecular weight excluding hydrogens is 166 g/mol. The Morgan fingerprint density at radius 1 is 1.62 bits per heavy atom. The highest BCUT2D eigenvalue weighted by Gasteiger charge is 1.99. The van der Waals surface area contributed by atoms with Crippen molar-refractivity contribution in [1.82, 2.24) is 4.98 Å². The number of aromatic nitrogens is 1. The van der Waals surface area contributed by atoms with Crippen molar-refractivity contribution >= 4 is 6.29 Å². The van der Waals surface area contributed by atoms with Gasteiger partial charge in [0.1, 0.15) is 6.29 Å². The minimum atomic E-state index is -0.538. The summed E-state index contributed by atoms with van der Waals surface area (Å²) >= 11 is 0. The van der Waals surface area contributed by atoms with Crippen LogP contribution in [0.3, 0.4) is 0 Å². The number of carbonyl (C=O) groups excluding carboxylic acids is 1. The zero-order valence-electron chi connectivity index (χ0n) is 7.22. The van der Waals surface area contributed by atoms with Crippen LogP contribution < -0.4 is 0 Å². The molecule has 1 heterocycles. The summed E-state index contributed by atoms with van der Waals surface area (Å²) in [5, 5.41) is 0. The Labute approximate surface area is 77.8 Å². The van der Waals surface area contributed by atoms with Crippen LogP contribution in [0.5, 0.6) is 0 Å². The quantitative estimate of drug-likeness (QED) is 0.633. The minimum Gasteiger partial charge on any atom is -0.374 e. The normalized spacial score (nSPS) is 12.4. The lowest BCUT2D eigenvalue weighted by Gasteiger charge is -2.04. The van der Waals surface area contributed by atoms with Crippen LogP contribution in [0.2, 0.25) is 0 Å². The van der Waals surface area contributed by atoms with E-state index in [1.165, 1.54) is 0 Å². The van der Waals surface area contributed by atoms with E-state index in [2.05, 4.69) is 4.98 Å². The second-order valence-electron chi connectivity index (χ2n) is 2.64. The number of hydrogen-bond acceptors (Lipinski definition) is 3. The largest absolute Gasteiger partial charge is 0.374 e. The fourth-order valence-electron chi connectivity index (χ4n) is 0.822. The van der Waals surface area contributed by atoms with Crippen LogP contribution in [0.15, 0.2) is 24.4 Å². The Bertz CT molecular complexity index is 248. The van der Waals surface area contributed by atoms with E-state index in [1.807, 2.05) is 18.2 Å². The van der Waals surface area contributed by atoms with E-state index < -0.39 is 5.92 Å². The molecule has 1 aromatic rings. The van der Waals surface area contributed by atoms with Gasteiger partial charge < -0.3 is 9.53 Å². The molecule has 0 bridgehead atoms. The molecule has 0 amide bonds. The molecule has 68 valence electrons. The van der Waals surface area contributed by atoms with Crippen molar-refractivity contribution < 1.29 is 9.53 Å². The molecule has 0 saturated carbocycles. The first-order valence-corrected chi connectivity index (χ1v) is 4.01. The van der Waals surface area contributed by atoms with Gasteiger partial charge in [-0.05, 0) is 19.1 Å². The smallest absolute Gasteiger partial charge is 0.125 e. The van der Waals surface area contributed by atoms with Crippen LogP contribution in [-0.4, -0.2) is 17.9 Å². The lowest BCUT2D eigenvalue weighted by molar-refractivity contribution is -0.111. The van der Waals surface area contributed by atoms with Gasteiger partial charge in [0.25, 0.3) is 0 Å². The molecule has 0 aliphatic heterocycles. The maximum Gasteiger partial charge on any atom is 0.125 e. The number of carbonyl (C=O) groups is 1. The zero-order chi connectivity index (χ0) is 9.52. The molecular formula is C10H11NO2. The number of ether oxygens (including phenoxy) is 1. The molecule has 0 spiro atoms. The highest BCUT2D eigenvalue weighted by atomic mass is 16.5. The Morgan fingerprint density at radius 2 is 2.46 bits per heavy atom. The average molecular weight is 177 g/mol. The summed E-state index contributed by atoms with van der Waals surface area (Å²) in [4.78, 5) is 14.2. The molecule has 0 aliphatic carbocycles. The average Bonchev–Trinajstić information content (AvgIpc) is 2.19. The highest BCUT2D eigenvalue weighted by Crippen LogP contribution is 1.98. The number of pyridine rings is 1. The van der Waals surface area contributed by atoms with Gasteiger partial charge in [-0.2, -0.15) is 0 Å². The second-order valence-corrected chi connectivity index (χ2v) is 2.64. The van der Waals surface area contributed by atoms with Crippen molar-refractivity contribution in [3.63, 3.8) is 0 Å². The molecule has 1 aromatic heterocycles. The lowest BCUT2D eigenvalue weighted by Crippen LogP contribution is -2.07. The second kappa shape index (κ2) is 5.43. The maximum atomic E-state index is 10.1. The van der Waals surface area contributed by atoms with E-state index in [9.17, 15) is 4.79 Å². The van der Waals surface area contributed by atoms with Gasteiger partial charge in [0.2, 0.25) is 0 Å². The molecule has 2 radical (unpaired) electrons. The predicted molar refractivity (Wildman–Crippen MR) is 47.7 cm³/mol. The van der Waals surface area contributed by atoms with E-state index >= 15 is 0 Å². The van der Waals surface area contributed by atoms with Gasteiger partial charge in [-0.1, -0.05) is 6.07 Å². The van der Waals surface area contributed by atoms with Crippen molar-refractivity contribution in [2.75, 3.05) is 6.61 Å². The van der Waals surface area contributed by atoms with Gasteiger partial charge in [0, 0.05) is 12.1 Å². The van der Waals surface area contributed by atoms with Crippen molar-refractivity contribution in [1.29, 1.82) is 0 Å². The highest BCUT2D eigenvalue weighted by molar-refractivity contribution is 5.54. The topological polar surface area (TPSA) is 39.2 Å². The van der Waals surface area contributed by atoms with Crippen LogP contribution in [-0.2, 0) is 16.1 Å². The van der Waals surface area contributed by atoms with E-state index in [0.29, 0.717) is 12.9 Å². The third-order valence-corrected chi connectivity index (χ3v) is 1.46.